The molecule has 2 aromatic rings. The van der Waals surface area contributed by atoms with Crippen molar-refractivity contribution in [1.29, 1.82) is 0 Å². The highest BCUT2D eigenvalue weighted by Crippen LogP contribution is 2.25. The van der Waals surface area contributed by atoms with Gasteiger partial charge in [0.2, 0.25) is 0 Å². The molecule has 0 atom stereocenters. The summed E-state index contributed by atoms with van der Waals surface area (Å²) in [5.41, 5.74) is 1.76. The van der Waals surface area contributed by atoms with Crippen LogP contribution in [0.5, 0.6) is 11.5 Å². The first-order valence-electron chi connectivity index (χ1n) is 7.88. The maximum atomic E-state index is 12.2. The Kier molecular flexibility index (Phi) is 6.39. The molecule has 0 fully saturated rings. The van der Waals surface area contributed by atoms with Crippen LogP contribution in [0.15, 0.2) is 42.5 Å². The Bertz CT molecular complexity index is 757. The van der Waals surface area contributed by atoms with Gasteiger partial charge >= 0.3 is 5.97 Å². The van der Waals surface area contributed by atoms with Crippen molar-refractivity contribution in [1.82, 2.24) is 0 Å². The molecule has 0 unspecified atom stereocenters. The maximum Gasteiger partial charge on any atom is 0.338 e. The summed E-state index contributed by atoms with van der Waals surface area (Å²) >= 11 is 0. The largest absolute Gasteiger partial charge is 0.493 e. The van der Waals surface area contributed by atoms with E-state index in [-0.39, 0.29) is 12.5 Å². The molecule has 2 aromatic carbocycles. The average molecular weight is 343 g/mol. The van der Waals surface area contributed by atoms with E-state index < -0.39 is 5.97 Å². The number of amides is 1. The fraction of sp³-hybridized carbons (Fsp3) is 0.263. The van der Waals surface area contributed by atoms with E-state index in [9.17, 15) is 9.59 Å². The molecule has 2 rings (SSSR count). The lowest BCUT2D eigenvalue weighted by Gasteiger charge is -2.12. The Balaban J connectivity index is 2.02. The molecule has 0 aromatic heterocycles. The highest BCUT2D eigenvalue weighted by atomic mass is 16.5. The Hall–Kier alpha value is -3.02. The Morgan fingerprint density at radius 1 is 1.08 bits per heavy atom. The summed E-state index contributed by atoms with van der Waals surface area (Å²) in [5, 5.41) is 2.74. The van der Waals surface area contributed by atoms with Crippen LogP contribution < -0.4 is 14.8 Å². The van der Waals surface area contributed by atoms with Crippen LogP contribution in [0.3, 0.4) is 0 Å². The van der Waals surface area contributed by atoms with Gasteiger partial charge in [0.15, 0.2) is 18.1 Å². The van der Waals surface area contributed by atoms with Crippen molar-refractivity contribution in [2.75, 3.05) is 25.6 Å². The molecule has 0 aliphatic rings. The third kappa shape index (κ3) is 4.97. The molecule has 0 saturated carbocycles. The molecule has 0 aliphatic heterocycles. The monoisotopic (exact) mass is 343 g/mol. The van der Waals surface area contributed by atoms with Crippen molar-refractivity contribution < 1.29 is 23.8 Å². The predicted octanol–water partition coefficient (Wildman–Crippen LogP) is 3.20. The minimum absolute atomic E-state index is 0.177. The highest BCUT2D eigenvalue weighted by molar-refractivity contribution is 5.96. The fourth-order valence-corrected chi connectivity index (χ4v) is 2.17. The van der Waals surface area contributed by atoms with Crippen LogP contribution in [0.4, 0.5) is 5.69 Å². The summed E-state index contributed by atoms with van der Waals surface area (Å²) in [6.07, 6.45) is 0. The van der Waals surface area contributed by atoms with Crippen LogP contribution in [0, 0.1) is 6.92 Å². The molecule has 6 heteroatoms. The van der Waals surface area contributed by atoms with E-state index >= 15 is 0 Å². The maximum absolute atomic E-state index is 12.2. The lowest BCUT2D eigenvalue weighted by molar-refractivity contribution is -0.118. The minimum atomic E-state index is -0.428. The predicted molar refractivity (Wildman–Crippen MR) is 94.3 cm³/mol. The van der Waals surface area contributed by atoms with Crippen molar-refractivity contribution in [2.45, 2.75) is 13.8 Å². The first-order chi connectivity index (χ1) is 12.0. The van der Waals surface area contributed by atoms with Gasteiger partial charge in [-0.05, 0) is 43.7 Å². The molecule has 0 radical (unpaired) electrons. The van der Waals surface area contributed by atoms with E-state index in [0.29, 0.717) is 29.4 Å². The molecule has 1 N–H and O–H groups in total. The number of rotatable bonds is 7. The smallest absolute Gasteiger partial charge is 0.338 e. The number of methoxy groups -OCH3 is 1. The van der Waals surface area contributed by atoms with Crippen molar-refractivity contribution in [3.63, 3.8) is 0 Å². The molecular formula is C19H21NO5. The molecule has 25 heavy (non-hydrogen) atoms. The van der Waals surface area contributed by atoms with Crippen LogP contribution in [0.2, 0.25) is 0 Å². The summed E-state index contributed by atoms with van der Waals surface area (Å²) < 4.78 is 15.6. The Labute approximate surface area is 146 Å². The van der Waals surface area contributed by atoms with Crippen molar-refractivity contribution in [3.8, 4) is 11.5 Å². The lowest BCUT2D eigenvalue weighted by atomic mass is 10.1. The highest BCUT2D eigenvalue weighted by Gasteiger charge is 2.12. The number of benzene rings is 2. The molecule has 6 nitrogen and oxygen atoms in total. The number of aryl methyl sites for hydroxylation is 1. The number of esters is 1. The van der Waals surface area contributed by atoms with Gasteiger partial charge in [0.25, 0.3) is 5.91 Å². The van der Waals surface area contributed by atoms with Crippen LogP contribution >= 0.6 is 0 Å². The quantitative estimate of drug-likeness (QED) is 0.782. The second-order valence-electron chi connectivity index (χ2n) is 5.24. The molecule has 0 spiro atoms. The third-order valence-corrected chi connectivity index (χ3v) is 3.45. The van der Waals surface area contributed by atoms with E-state index in [1.54, 1.807) is 43.3 Å². The molecule has 0 saturated heterocycles. The van der Waals surface area contributed by atoms with Gasteiger partial charge < -0.3 is 19.5 Å². The zero-order valence-electron chi connectivity index (χ0n) is 14.5. The van der Waals surface area contributed by atoms with Gasteiger partial charge in [-0.15, -0.1) is 0 Å². The summed E-state index contributed by atoms with van der Waals surface area (Å²) in [6, 6.07) is 12.1. The average Bonchev–Trinajstić information content (AvgIpc) is 2.62. The topological polar surface area (TPSA) is 73.9 Å². The van der Waals surface area contributed by atoms with Crippen molar-refractivity contribution >= 4 is 17.6 Å². The summed E-state index contributed by atoms with van der Waals surface area (Å²) in [4.78, 5) is 24.0. The van der Waals surface area contributed by atoms with E-state index in [1.165, 1.54) is 7.11 Å². The van der Waals surface area contributed by atoms with Gasteiger partial charge in [0, 0.05) is 5.69 Å². The van der Waals surface area contributed by atoms with E-state index in [2.05, 4.69) is 5.32 Å². The first-order valence-corrected chi connectivity index (χ1v) is 7.88. The molecule has 0 bridgehead atoms. The van der Waals surface area contributed by atoms with E-state index in [0.717, 1.165) is 5.56 Å². The van der Waals surface area contributed by atoms with Gasteiger partial charge in [0.05, 0.1) is 19.3 Å². The van der Waals surface area contributed by atoms with Gasteiger partial charge in [-0.25, -0.2) is 4.79 Å². The summed E-state index contributed by atoms with van der Waals surface area (Å²) in [5.74, 6) is 0.270. The van der Waals surface area contributed by atoms with Gasteiger partial charge in [-0.3, -0.25) is 4.79 Å². The SMILES string of the molecule is CCOC(=O)c1ccc(C)c(NC(=O)COc2ccccc2OC)c1. The normalized spacial score (nSPS) is 10.0. The summed E-state index contributed by atoms with van der Waals surface area (Å²) in [6.45, 7) is 3.69. The molecule has 132 valence electrons. The number of nitrogens with one attached hydrogen (secondary N) is 1. The van der Waals surface area contributed by atoms with Crippen LogP contribution in [-0.2, 0) is 9.53 Å². The second kappa shape index (κ2) is 8.73. The van der Waals surface area contributed by atoms with E-state index in [4.69, 9.17) is 14.2 Å². The lowest BCUT2D eigenvalue weighted by Crippen LogP contribution is -2.21. The Morgan fingerprint density at radius 3 is 2.48 bits per heavy atom. The fourth-order valence-electron chi connectivity index (χ4n) is 2.17. The number of ether oxygens (including phenoxy) is 3. The number of hydrogen-bond acceptors (Lipinski definition) is 5. The molecule has 0 aliphatic carbocycles. The zero-order valence-corrected chi connectivity index (χ0v) is 14.5. The van der Waals surface area contributed by atoms with Crippen LogP contribution in [0.25, 0.3) is 0 Å². The van der Waals surface area contributed by atoms with Gasteiger partial charge in [-0.1, -0.05) is 18.2 Å². The standard InChI is InChI=1S/C19H21NO5/c1-4-24-19(22)14-10-9-13(2)15(11-14)20-18(21)12-25-17-8-6-5-7-16(17)23-3/h5-11H,4,12H2,1-3H3,(H,20,21). The van der Waals surface area contributed by atoms with Gasteiger partial charge in [-0.2, -0.15) is 0 Å². The van der Waals surface area contributed by atoms with Crippen molar-refractivity contribution in [2.24, 2.45) is 0 Å². The minimum Gasteiger partial charge on any atom is -0.493 e. The van der Waals surface area contributed by atoms with Gasteiger partial charge in [0.1, 0.15) is 0 Å². The number of hydrogen-bond donors (Lipinski definition) is 1. The third-order valence-electron chi connectivity index (χ3n) is 3.45. The Morgan fingerprint density at radius 2 is 1.80 bits per heavy atom. The van der Waals surface area contributed by atoms with Crippen molar-refractivity contribution in [3.05, 3.63) is 53.6 Å². The van der Waals surface area contributed by atoms with E-state index in [1.807, 2.05) is 13.0 Å². The second-order valence-corrected chi connectivity index (χ2v) is 5.24. The number of carbonyl (C=O) groups is 2. The van der Waals surface area contributed by atoms with Crippen LogP contribution in [-0.4, -0.2) is 32.2 Å². The number of para-hydroxylation sites is 2. The molecule has 0 heterocycles. The summed E-state index contributed by atoms with van der Waals surface area (Å²) in [7, 11) is 1.53. The molecular weight excluding hydrogens is 322 g/mol. The number of carbonyl (C=O) groups excluding carboxylic acids is 2. The van der Waals surface area contributed by atoms with Crippen LogP contribution in [0.1, 0.15) is 22.8 Å². The first kappa shape index (κ1) is 18.3. The number of anilines is 1. The zero-order chi connectivity index (χ0) is 18.2. The molecule has 1 amide bonds.